The van der Waals surface area contributed by atoms with Crippen LogP contribution < -0.4 is 10.8 Å². The van der Waals surface area contributed by atoms with E-state index in [2.05, 4.69) is 10.5 Å². The van der Waals surface area contributed by atoms with Crippen LogP contribution >= 0.6 is 0 Å². The molecule has 31 heavy (non-hydrogen) atoms. The molecule has 1 aromatic heterocycles. The second-order valence-corrected chi connectivity index (χ2v) is 7.10. The summed E-state index contributed by atoms with van der Waals surface area (Å²) >= 11 is 0. The lowest BCUT2D eigenvalue weighted by atomic mass is 10.1. The Morgan fingerprint density at radius 3 is 2.39 bits per heavy atom. The Morgan fingerprint density at radius 1 is 0.806 bits per heavy atom. The highest BCUT2D eigenvalue weighted by atomic mass is 16.3. The van der Waals surface area contributed by atoms with Crippen molar-refractivity contribution in [2.24, 2.45) is 5.10 Å². The summed E-state index contributed by atoms with van der Waals surface area (Å²) in [6.45, 7) is 0. The standard InChI is InChI=1S/C26H18N2O3/c29-23-13-7-6-12-21(23)26(30)28-27-22-16-24(18-9-2-1-3-10-18)31-25-19-11-5-4-8-17(19)14-15-20(22)25/h1-16,29H,(H,28,30)/b27-22+. The van der Waals surface area contributed by atoms with Crippen LogP contribution in [-0.4, -0.2) is 11.0 Å². The van der Waals surface area contributed by atoms with Gasteiger partial charge < -0.3 is 9.52 Å². The molecular weight excluding hydrogens is 388 g/mol. The summed E-state index contributed by atoms with van der Waals surface area (Å²) in [4.78, 5) is 12.6. The van der Waals surface area contributed by atoms with Gasteiger partial charge in [-0.2, -0.15) is 5.10 Å². The predicted molar refractivity (Wildman–Crippen MR) is 120 cm³/mol. The molecular formula is C26H18N2O3. The highest BCUT2D eigenvalue weighted by Gasteiger charge is 2.11. The molecule has 5 rings (SSSR count). The van der Waals surface area contributed by atoms with Crippen LogP contribution in [0.1, 0.15) is 10.4 Å². The fourth-order valence-corrected chi connectivity index (χ4v) is 3.57. The zero-order valence-electron chi connectivity index (χ0n) is 16.4. The quantitative estimate of drug-likeness (QED) is 0.319. The first kappa shape index (κ1) is 18.6. The molecule has 0 bridgehead atoms. The lowest BCUT2D eigenvalue weighted by Crippen LogP contribution is -2.21. The smallest absolute Gasteiger partial charge is 0.275 e. The van der Waals surface area contributed by atoms with Crippen molar-refractivity contribution < 1.29 is 14.3 Å². The number of amides is 1. The van der Waals surface area contributed by atoms with Crippen molar-refractivity contribution in [3.63, 3.8) is 0 Å². The maximum atomic E-state index is 12.6. The molecule has 2 N–H and O–H groups in total. The van der Waals surface area contributed by atoms with Crippen LogP contribution in [0.4, 0.5) is 0 Å². The molecule has 0 aliphatic rings. The molecule has 0 aliphatic heterocycles. The highest BCUT2D eigenvalue weighted by molar-refractivity contribution is 6.04. The first-order valence-electron chi connectivity index (χ1n) is 9.84. The summed E-state index contributed by atoms with van der Waals surface area (Å²) in [5.74, 6) is 0.0493. The minimum absolute atomic E-state index is 0.0981. The van der Waals surface area contributed by atoms with E-state index in [1.807, 2.05) is 66.7 Å². The van der Waals surface area contributed by atoms with E-state index in [0.29, 0.717) is 16.7 Å². The van der Waals surface area contributed by atoms with Crippen LogP contribution in [0.25, 0.3) is 33.1 Å². The number of fused-ring (bicyclic) bond motifs is 3. The number of rotatable bonds is 3. The van der Waals surface area contributed by atoms with Gasteiger partial charge >= 0.3 is 0 Å². The third kappa shape index (κ3) is 3.53. The van der Waals surface area contributed by atoms with Crippen molar-refractivity contribution >= 4 is 27.6 Å². The van der Waals surface area contributed by atoms with Crippen LogP contribution in [0.15, 0.2) is 107 Å². The van der Waals surface area contributed by atoms with Crippen LogP contribution in [0.2, 0.25) is 0 Å². The van der Waals surface area contributed by atoms with Crippen molar-refractivity contribution in [1.29, 1.82) is 0 Å². The molecule has 1 heterocycles. The molecule has 5 nitrogen and oxygen atoms in total. The summed E-state index contributed by atoms with van der Waals surface area (Å²) in [5.41, 5.74) is 4.31. The van der Waals surface area contributed by atoms with Gasteiger partial charge in [-0.25, -0.2) is 5.43 Å². The van der Waals surface area contributed by atoms with Crippen LogP contribution in [-0.2, 0) is 0 Å². The fraction of sp³-hybridized carbons (Fsp3) is 0. The molecule has 0 fully saturated rings. The van der Waals surface area contributed by atoms with Gasteiger partial charge in [0.25, 0.3) is 5.91 Å². The molecule has 4 aromatic carbocycles. The lowest BCUT2D eigenvalue weighted by molar-refractivity contribution is 0.0950. The number of carbonyl (C=O) groups is 1. The summed E-state index contributed by atoms with van der Waals surface area (Å²) < 4.78 is 6.30. The van der Waals surface area contributed by atoms with E-state index in [4.69, 9.17) is 4.42 Å². The average Bonchev–Trinajstić information content (AvgIpc) is 2.83. The minimum atomic E-state index is -0.492. The molecule has 0 spiro atoms. The molecule has 0 saturated heterocycles. The molecule has 0 saturated carbocycles. The number of para-hydroxylation sites is 1. The Bertz CT molecular complexity index is 1490. The van der Waals surface area contributed by atoms with Gasteiger partial charge in [0.05, 0.1) is 10.9 Å². The molecule has 0 unspecified atom stereocenters. The minimum Gasteiger partial charge on any atom is -0.507 e. The van der Waals surface area contributed by atoms with E-state index in [9.17, 15) is 9.90 Å². The second-order valence-electron chi connectivity index (χ2n) is 7.10. The van der Waals surface area contributed by atoms with Crippen LogP contribution in [0, 0.1) is 0 Å². The van der Waals surface area contributed by atoms with Crippen molar-refractivity contribution in [2.75, 3.05) is 0 Å². The number of nitrogens with one attached hydrogen (secondary N) is 1. The number of nitrogens with zero attached hydrogens (tertiary/aromatic N) is 1. The van der Waals surface area contributed by atoms with Gasteiger partial charge in [-0.05, 0) is 23.6 Å². The largest absolute Gasteiger partial charge is 0.507 e. The maximum Gasteiger partial charge on any atom is 0.275 e. The molecule has 5 heteroatoms. The molecule has 150 valence electrons. The summed E-state index contributed by atoms with van der Waals surface area (Å²) in [7, 11) is 0. The lowest BCUT2D eigenvalue weighted by Gasteiger charge is -2.08. The van der Waals surface area contributed by atoms with E-state index in [1.165, 1.54) is 6.07 Å². The third-order valence-electron chi connectivity index (χ3n) is 5.12. The van der Waals surface area contributed by atoms with Crippen molar-refractivity contribution in [1.82, 2.24) is 5.43 Å². The molecule has 1 amide bonds. The summed E-state index contributed by atoms with van der Waals surface area (Å²) in [6, 6.07) is 29.8. The predicted octanol–water partition coefficient (Wildman–Crippen LogP) is 5.20. The van der Waals surface area contributed by atoms with Crippen molar-refractivity contribution in [2.45, 2.75) is 0 Å². The first-order valence-corrected chi connectivity index (χ1v) is 9.84. The van der Waals surface area contributed by atoms with Gasteiger partial charge in [0, 0.05) is 22.4 Å². The number of hydrogen-bond acceptors (Lipinski definition) is 4. The van der Waals surface area contributed by atoms with Crippen molar-refractivity contribution in [3.8, 4) is 17.1 Å². The number of hydrogen-bond donors (Lipinski definition) is 2. The zero-order valence-corrected chi connectivity index (χ0v) is 16.4. The van der Waals surface area contributed by atoms with Crippen LogP contribution in [0.3, 0.4) is 0 Å². The molecule has 5 aromatic rings. The molecule has 0 atom stereocenters. The van der Waals surface area contributed by atoms with Crippen molar-refractivity contribution in [3.05, 3.63) is 108 Å². The summed E-state index contributed by atoms with van der Waals surface area (Å²) in [5, 5.41) is 17.7. The highest BCUT2D eigenvalue weighted by Crippen LogP contribution is 2.28. The maximum absolute atomic E-state index is 12.6. The van der Waals surface area contributed by atoms with E-state index >= 15 is 0 Å². The normalized spacial score (nSPS) is 11.7. The Kier molecular flexibility index (Phi) is 4.69. The molecule has 0 aliphatic carbocycles. The van der Waals surface area contributed by atoms with Gasteiger partial charge in [-0.3, -0.25) is 4.79 Å². The molecule has 0 radical (unpaired) electrons. The van der Waals surface area contributed by atoms with Gasteiger partial charge in [0.2, 0.25) is 0 Å². The van der Waals surface area contributed by atoms with E-state index in [1.54, 1.807) is 24.3 Å². The Labute approximate surface area is 177 Å². The zero-order chi connectivity index (χ0) is 21.2. The van der Waals surface area contributed by atoms with E-state index in [-0.39, 0.29) is 11.3 Å². The van der Waals surface area contributed by atoms with E-state index in [0.717, 1.165) is 21.7 Å². The number of phenolic OH excluding ortho intramolecular Hbond substituents is 1. The SMILES string of the molecule is O=C(N/N=c1\cc(-c2ccccc2)oc2c1ccc1ccccc12)c1ccccc1O. The van der Waals surface area contributed by atoms with Gasteiger partial charge in [0.1, 0.15) is 17.1 Å². The van der Waals surface area contributed by atoms with Crippen LogP contribution in [0.5, 0.6) is 5.75 Å². The summed E-state index contributed by atoms with van der Waals surface area (Å²) in [6.07, 6.45) is 0. The first-order chi connectivity index (χ1) is 15.2. The Hall–Kier alpha value is -4.38. The fourth-order valence-electron chi connectivity index (χ4n) is 3.57. The van der Waals surface area contributed by atoms with E-state index < -0.39 is 5.91 Å². The number of aromatic hydroxyl groups is 1. The van der Waals surface area contributed by atoms with Gasteiger partial charge in [0.15, 0.2) is 0 Å². The Morgan fingerprint density at radius 2 is 1.55 bits per heavy atom. The second kappa shape index (κ2) is 7.80. The Balaban J connectivity index is 1.71. The third-order valence-corrected chi connectivity index (χ3v) is 5.12. The monoisotopic (exact) mass is 406 g/mol. The van der Waals surface area contributed by atoms with Gasteiger partial charge in [-0.1, -0.05) is 72.8 Å². The number of carbonyl (C=O) groups excluding carboxylic acids is 1. The average molecular weight is 406 g/mol. The van der Waals surface area contributed by atoms with Gasteiger partial charge in [-0.15, -0.1) is 0 Å². The topological polar surface area (TPSA) is 74.8 Å². The number of phenols is 1. The number of benzene rings is 4.